The third-order valence-corrected chi connectivity index (χ3v) is 5.74. The van der Waals surface area contributed by atoms with E-state index in [0.29, 0.717) is 33.9 Å². The molecule has 1 heterocycles. The molecule has 1 aliphatic rings. The number of methoxy groups -OCH3 is 1. The average Bonchev–Trinajstić information content (AvgIpc) is 3.03. The highest BCUT2D eigenvalue weighted by Crippen LogP contribution is 2.37. The molecule has 0 unspecified atom stereocenters. The summed E-state index contributed by atoms with van der Waals surface area (Å²) in [5, 5.41) is 0. The van der Waals surface area contributed by atoms with E-state index in [-0.39, 0.29) is 5.91 Å². The summed E-state index contributed by atoms with van der Waals surface area (Å²) in [5.41, 5.74) is 1.57. The summed E-state index contributed by atoms with van der Waals surface area (Å²) < 4.78 is 17.2. The van der Waals surface area contributed by atoms with Crippen LogP contribution in [-0.2, 0) is 4.79 Å². The quantitative estimate of drug-likeness (QED) is 0.282. The maximum absolute atomic E-state index is 13.0. The zero-order valence-corrected chi connectivity index (χ0v) is 19.0. The number of unbranched alkanes of at least 4 members (excludes halogenated alkanes) is 1. The molecule has 1 fully saturated rings. The predicted molar refractivity (Wildman–Crippen MR) is 127 cm³/mol. The van der Waals surface area contributed by atoms with Crippen LogP contribution >= 0.6 is 24.0 Å². The third kappa shape index (κ3) is 5.15. The number of hydrogen-bond donors (Lipinski definition) is 0. The van der Waals surface area contributed by atoms with Gasteiger partial charge in [0.1, 0.15) is 5.75 Å². The molecule has 0 atom stereocenters. The van der Waals surface area contributed by atoms with Crippen molar-refractivity contribution in [2.24, 2.45) is 0 Å². The van der Waals surface area contributed by atoms with Crippen LogP contribution in [0.15, 0.2) is 47.4 Å². The van der Waals surface area contributed by atoms with Gasteiger partial charge in [-0.25, -0.2) is 0 Å². The average molecular weight is 444 g/mol. The Morgan fingerprint density at radius 2 is 1.83 bits per heavy atom. The summed E-state index contributed by atoms with van der Waals surface area (Å²) >= 11 is 6.74. The molecule has 0 N–H and O–H groups in total. The Morgan fingerprint density at radius 3 is 2.50 bits per heavy atom. The van der Waals surface area contributed by atoms with Crippen LogP contribution in [0, 0.1) is 0 Å². The van der Waals surface area contributed by atoms with Crippen molar-refractivity contribution in [1.29, 1.82) is 0 Å². The summed E-state index contributed by atoms with van der Waals surface area (Å²) in [7, 11) is 1.61. The highest BCUT2D eigenvalue weighted by Gasteiger charge is 2.33. The van der Waals surface area contributed by atoms with Gasteiger partial charge in [-0.1, -0.05) is 43.4 Å². The van der Waals surface area contributed by atoms with E-state index in [9.17, 15) is 4.79 Å². The molecule has 2 aromatic carbocycles. The molecule has 0 bridgehead atoms. The lowest BCUT2D eigenvalue weighted by molar-refractivity contribution is -0.113. The van der Waals surface area contributed by atoms with E-state index >= 15 is 0 Å². The van der Waals surface area contributed by atoms with E-state index in [1.54, 1.807) is 12.0 Å². The van der Waals surface area contributed by atoms with Crippen molar-refractivity contribution in [3.8, 4) is 17.2 Å². The molecule has 7 heteroatoms. The molecule has 0 aliphatic carbocycles. The fourth-order valence-electron chi connectivity index (χ4n) is 2.92. The summed E-state index contributed by atoms with van der Waals surface area (Å²) in [6.45, 7) is 5.29. The van der Waals surface area contributed by atoms with Gasteiger partial charge >= 0.3 is 0 Å². The minimum atomic E-state index is -0.142. The summed E-state index contributed by atoms with van der Waals surface area (Å²) in [5.74, 6) is 1.96. The van der Waals surface area contributed by atoms with Crippen molar-refractivity contribution in [1.82, 2.24) is 0 Å². The van der Waals surface area contributed by atoms with E-state index in [4.69, 9.17) is 26.4 Å². The number of amides is 1. The lowest BCUT2D eigenvalue weighted by Crippen LogP contribution is -2.27. The van der Waals surface area contributed by atoms with E-state index in [1.165, 1.54) is 11.8 Å². The lowest BCUT2D eigenvalue weighted by Gasteiger charge is -2.15. The van der Waals surface area contributed by atoms with E-state index in [0.717, 1.165) is 29.8 Å². The van der Waals surface area contributed by atoms with Crippen LogP contribution in [0.4, 0.5) is 5.69 Å². The van der Waals surface area contributed by atoms with Crippen LogP contribution in [0.2, 0.25) is 0 Å². The van der Waals surface area contributed by atoms with Gasteiger partial charge in [0.05, 0.1) is 30.9 Å². The van der Waals surface area contributed by atoms with Crippen LogP contribution < -0.4 is 19.1 Å². The number of nitrogens with zero attached hydrogens (tertiary/aromatic N) is 1. The molecule has 0 radical (unpaired) electrons. The van der Waals surface area contributed by atoms with Gasteiger partial charge in [-0.15, -0.1) is 0 Å². The highest BCUT2D eigenvalue weighted by atomic mass is 32.2. The SMILES string of the molecule is CCCCOc1ccc(/C=C2\SC(=S)N(c3ccc(OCC)cc3)C2=O)cc1OC. The highest BCUT2D eigenvalue weighted by molar-refractivity contribution is 8.27. The number of benzene rings is 2. The molecule has 5 nitrogen and oxygen atoms in total. The molecular weight excluding hydrogens is 418 g/mol. The molecule has 0 spiro atoms. The monoisotopic (exact) mass is 443 g/mol. The first-order chi connectivity index (χ1) is 14.6. The van der Waals surface area contributed by atoms with Crippen molar-refractivity contribution >= 4 is 46.0 Å². The molecule has 1 aliphatic heterocycles. The Hall–Kier alpha value is -2.51. The molecule has 0 saturated carbocycles. The molecule has 0 aromatic heterocycles. The largest absolute Gasteiger partial charge is 0.494 e. The second kappa shape index (κ2) is 10.5. The Morgan fingerprint density at radius 1 is 1.07 bits per heavy atom. The normalized spacial score (nSPS) is 15.0. The van der Waals surface area contributed by atoms with Gasteiger partial charge < -0.3 is 14.2 Å². The van der Waals surface area contributed by atoms with Crippen molar-refractivity contribution in [2.45, 2.75) is 26.7 Å². The number of hydrogen-bond acceptors (Lipinski definition) is 6. The molecular formula is C23H25NO4S2. The minimum absolute atomic E-state index is 0.142. The standard InChI is InChI=1S/C23H25NO4S2/c1-4-6-13-28-19-12-7-16(14-20(19)26-3)15-21-22(25)24(23(29)30-21)17-8-10-18(11-9-17)27-5-2/h7-12,14-15H,4-6,13H2,1-3H3/b21-15-. The van der Waals surface area contributed by atoms with Crippen molar-refractivity contribution in [3.05, 3.63) is 52.9 Å². The number of carbonyl (C=O) groups excluding carboxylic acids is 1. The van der Waals surface area contributed by atoms with Crippen molar-refractivity contribution < 1.29 is 19.0 Å². The first kappa shape index (κ1) is 22.2. The van der Waals surface area contributed by atoms with Gasteiger partial charge in [0, 0.05) is 0 Å². The molecule has 1 saturated heterocycles. The van der Waals surface area contributed by atoms with Crippen LogP contribution in [0.1, 0.15) is 32.3 Å². The third-order valence-electron chi connectivity index (χ3n) is 4.44. The lowest BCUT2D eigenvalue weighted by atomic mass is 10.1. The smallest absolute Gasteiger partial charge is 0.270 e. The maximum Gasteiger partial charge on any atom is 0.270 e. The van der Waals surface area contributed by atoms with Gasteiger partial charge in [0.25, 0.3) is 5.91 Å². The van der Waals surface area contributed by atoms with Gasteiger partial charge in [0.2, 0.25) is 0 Å². The van der Waals surface area contributed by atoms with E-state index < -0.39 is 0 Å². The van der Waals surface area contributed by atoms with E-state index in [2.05, 4.69) is 6.92 Å². The fraction of sp³-hybridized carbons (Fsp3) is 0.304. The molecule has 2 aromatic rings. The summed E-state index contributed by atoms with van der Waals surface area (Å²) in [4.78, 5) is 15.1. The topological polar surface area (TPSA) is 48.0 Å². The van der Waals surface area contributed by atoms with Gasteiger partial charge in [-0.3, -0.25) is 9.69 Å². The fourth-order valence-corrected chi connectivity index (χ4v) is 4.22. The summed E-state index contributed by atoms with van der Waals surface area (Å²) in [6, 6.07) is 13.0. The molecule has 3 rings (SSSR count). The number of carbonyl (C=O) groups is 1. The van der Waals surface area contributed by atoms with Crippen LogP contribution in [0.5, 0.6) is 17.2 Å². The Kier molecular flexibility index (Phi) is 7.76. The Bertz CT molecular complexity index is 941. The number of anilines is 1. The number of ether oxygens (including phenoxy) is 3. The Labute approximate surface area is 187 Å². The zero-order valence-electron chi connectivity index (χ0n) is 17.3. The zero-order chi connectivity index (χ0) is 21.5. The van der Waals surface area contributed by atoms with Gasteiger partial charge in [-0.05, 0) is 61.4 Å². The number of thiocarbonyl (C=S) groups is 1. The van der Waals surface area contributed by atoms with Crippen LogP contribution in [0.3, 0.4) is 0 Å². The van der Waals surface area contributed by atoms with Gasteiger partial charge in [0.15, 0.2) is 15.8 Å². The maximum atomic E-state index is 13.0. The first-order valence-corrected chi connectivity index (χ1v) is 11.1. The predicted octanol–water partition coefficient (Wildman–Crippen LogP) is 5.68. The Balaban J connectivity index is 1.79. The van der Waals surface area contributed by atoms with Crippen molar-refractivity contribution in [3.63, 3.8) is 0 Å². The molecule has 1 amide bonds. The molecule has 158 valence electrons. The molecule has 30 heavy (non-hydrogen) atoms. The van der Waals surface area contributed by atoms with Crippen LogP contribution in [-0.4, -0.2) is 30.6 Å². The second-order valence-corrected chi connectivity index (χ2v) is 8.23. The van der Waals surface area contributed by atoms with Gasteiger partial charge in [-0.2, -0.15) is 0 Å². The first-order valence-electron chi connectivity index (χ1n) is 9.89. The second-order valence-electron chi connectivity index (χ2n) is 6.56. The van der Waals surface area contributed by atoms with Crippen molar-refractivity contribution in [2.75, 3.05) is 25.2 Å². The number of thioether (sulfide) groups is 1. The van der Waals surface area contributed by atoms with E-state index in [1.807, 2.05) is 55.5 Å². The number of rotatable bonds is 9. The van der Waals surface area contributed by atoms with Crippen LogP contribution in [0.25, 0.3) is 6.08 Å². The summed E-state index contributed by atoms with van der Waals surface area (Å²) in [6.07, 6.45) is 3.88. The minimum Gasteiger partial charge on any atom is -0.494 e.